The van der Waals surface area contributed by atoms with E-state index < -0.39 is 0 Å². The molecule has 5 rings (SSSR count). The fraction of sp³-hybridized carbons (Fsp3) is 0.344. The number of carbonyl (C=O) groups excluding carboxylic acids is 2. The molecule has 1 aliphatic rings. The van der Waals surface area contributed by atoms with Crippen LogP contribution < -0.4 is 10.6 Å². The Morgan fingerprint density at radius 1 is 1.05 bits per heavy atom. The Morgan fingerprint density at radius 2 is 1.85 bits per heavy atom. The van der Waals surface area contributed by atoms with Crippen molar-refractivity contribution in [2.75, 3.05) is 18.4 Å². The average Bonchev–Trinajstić information content (AvgIpc) is 3.45. The summed E-state index contributed by atoms with van der Waals surface area (Å²) in [5, 5.41) is 10.1. The molecule has 41 heavy (non-hydrogen) atoms. The first-order valence-corrected chi connectivity index (χ1v) is 14.0. The molecule has 0 radical (unpaired) electrons. The summed E-state index contributed by atoms with van der Waals surface area (Å²) in [6.07, 6.45) is 5.05. The third-order valence-corrected chi connectivity index (χ3v) is 7.32. The van der Waals surface area contributed by atoms with Crippen LogP contribution in [0.2, 0.25) is 0 Å². The molecule has 1 fully saturated rings. The molecular formula is C32H36N6O3. The van der Waals surface area contributed by atoms with Crippen molar-refractivity contribution in [2.24, 2.45) is 5.92 Å². The van der Waals surface area contributed by atoms with Crippen molar-refractivity contribution in [2.45, 2.75) is 52.1 Å². The van der Waals surface area contributed by atoms with Gasteiger partial charge in [0.15, 0.2) is 0 Å². The van der Waals surface area contributed by atoms with E-state index in [1.54, 1.807) is 30.6 Å². The van der Waals surface area contributed by atoms with Crippen LogP contribution in [-0.4, -0.2) is 44.9 Å². The van der Waals surface area contributed by atoms with E-state index in [2.05, 4.69) is 63.6 Å². The number of pyridine rings is 1. The van der Waals surface area contributed by atoms with Crippen molar-refractivity contribution < 1.29 is 14.1 Å². The monoisotopic (exact) mass is 552 g/mol. The van der Waals surface area contributed by atoms with Crippen LogP contribution in [0.5, 0.6) is 0 Å². The van der Waals surface area contributed by atoms with Gasteiger partial charge in [0.1, 0.15) is 0 Å². The number of nitrogens with one attached hydrogen (secondary N) is 2. The predicted molar refractivity (Wildman–Crippen MR) is 157 cm³/mol. The van der Waals surface area contributed by atoms with Crippen LogP contribution in [0.15, 0.2) is 77.6 Å². The molecule has 212 valence electrons. The molecule has 0 saturated carbocycles. The summed E-state index contributed by atoms with van der Waals surface area (Å²) >= 11 is 0. The summed E-state index contributed by atoms with van der Waals surface area (Å²) < 4.78 is 5.56. The molecule has 9 nitrogen and oxygen atoms in total. The van der Waals surface area contributed by atoms with Crippen molar-refractivity contribution in [3.8, 4) is 11.4 Å². The van der Waals surface area contributed by atoms with Crippen LogP contribution in [0.1, 0.15) is 61.0 Å². The van der Waals surface area contributed by atoms with Gasteiger partial charge in [-0.3, -0.25) is 19.5 Å². The summed E-state index contributed by atoms with van der Waals surface area (Å²) in [5.41, 5.74) is 4.05. The lowest BCUT2D eigenvalue weighted by Gasteiger charge is -2.31. The van der Waals surface area contributed by atoms with Gasteiger partial charge >= 0.3 is 0 Å². The van der Waals surface area contributed by atoms with Crippen molar-refractivity contribution >= 4 is 17.5 Å². The van der Waals surface area contributed by atoms with Crippen LogP contribution >= 0.6 is 0 Å². The van der Waals surface area contributed by atoms with E-state index in [4.69, 9.17) is 4.52 Å². The molecule has 1 atom stereocenters. The van der Waals surface area contributed by atoms with Crippen molar-refractivity contribution in [3.63, 3.8) is 0 Å². The van der Waals surface area contributed by atoms with Gasteiger partial charge in [-0.05, 0) is 54.1 Å². The van der Waals surface area contributed by atoms with E-state index in [1.165, 1.54) is 5.56 Å². The Hall–Kier alpha value is -4.37. The van der Waals surface area contributed by atoms with Gasteiger partial charge in [0.25, 0.3) is 5.91 Å². The minimum Gasteiger partial charge on any atom is -0.348 e. The maximum atomic E-state index is 13.3. The third-order valence-electron chi connectivity index (χ3n) is 7.32. The Labute approximate surface area is 240 Å². The zero-order valence-electron chi connectivity index (χ0n) is 23.8. The highest BCUT2D eigenvalue weighted by Gasteiger charge is 2.28. The molecule has 2 amide bonds. The van der Waals surface area contributed by atoms with Gasteiger partial charge in [-0.1, -0.05) is 68.4 Å². The molecule has 2 N–H and O–H groups in total. The maximum Gasteiger partial charge on any atom is 0.253 e. The van der Waals surface area contributed by atoms with Gasteiger partial charge in [-0.25, -0.2) is 0 Å². The number of likely N-dealkylation sites (tertiary alicyclic amines) is 1. The Kier molecular flexibility index (Phi) is 8.54. The molecule has 1 saturated heterocycles. The van der Waals surface area contributed by atoms with Crippen LogP contribution in [0.25, 0.3) is 11.4 Å². The Morgan fingerprint density at radius 3 is 2.61 bits per heavy atom. The lowest BCUT2D eigenvalue weighted by atomic mass is 9.87. The number of benzene rings is 2. The number of anilines is 1. The van der Waals surface area contributed by atoms with Gasteiger partial charge in [0.2, 0.25) is 17.6 Å². The number of rotatable bonds is 8. The second kappa shape index (κ2) is 12.4. The normalized spacial score (nSPS) is 15.8. The highest BCUT2D eigenvalue weighted by Crippen LogP contribution is 2.26. The highest BCUT2D eigenvalue weighted by molar-refractivity contribution is 6.04. The molecule has 1 unspecified atom stereocenters. The second-order valence-electron chi connectivity index (χ2n) is 11.5. The predicted octanol–water partition coefficient (Wildman–Crippen LogP) is 5.21. The van der Waals surface area contributed by atoms with Crippen LogP contribution in [0.3, 0.4) is 0 Å². The van der Waals surface area contributed by atoms with Gasteiger partial charge in [-0.15, -0.1) is 0 Å². The number of hydrogen-bond acceptors (Lipinski definition) is 7. The van der Waals surface area contributed by atoms with Gasteiger partial charge in [0.05, 0.1) is 23.7 Å². The fourth-order valence-corrected chi connectivity index (χ4v) is 4.97. The van der Waals surface area contributed by atoms with E-state index in [-0.39, 0.29) is 23.1 Å². The minimum atomic E-state index is -0.254. The topological polar surface area (TPSA) is 113 Å². The molecule has 0 spiro atoms. The highest BCUT2D eigenvalue weighted by atomic mass is 16.5. The lowest BCUT2D eigenvalue weighted by Crippen LogP contribution is -2.40. The second-order valence-corrected chi connectivity index (χ2v) is 11.5. The number of nitrogens with zero attached hydrogens (tertiary/aromatic N) is 4. The summed E-state index contributed by atoms with van der Waals surface area (Å²) in [4.78, 5) is 37.0. The summed E-state index contributed by atoms with van der Waals surface area (Å²) in [5.74, 6) is 0.506. The van der Waals surface area contributed by atoms with Crippen LogP contribution in [0.4, 0.5) is 5.69 Å². The largest absolute Gasteiger partial charge is 0.348 e. The molecule has 2 aromatic carbocycles. The molecule has 0 aliphatic carbocycles. The average molecular weight is 553 g/mol. The molecular weight excluding hydrogens is 516 g/mol. The number of carbonyl (C=O) groups is 2. The van der Waals surface area contributed by atoms with Gasteiger partial charge in [0, 0.05) is 31.0 Å². The molecule has 2 aromatic heterocycles. The molecule has 0 bridgehead atoms. The SMILES string of the molecule is CC(C)(C)c1ccc(-c2noc(CN3CCCC(C(=O)Nc4ccccc4C(=O)NCc4cccnc4)C3)n2)cc1. The smallest absolute Gasteiger partial charge is 0.253 e. The Balaban J connectivity index is 1.18. The summed E-state index contributed by atoms with van der Waals surface area (Å²) in [6.45, 7) is 8.79. The molecule has 1 aliphatic heterocycles. The van der Waals surface area contributed by atoms with E-state index in [1.807, 2.05) is 30.3 Å². The van der Waals surface area contributed by atoms with Crippen LogP contribution in [-0.2, 0) is 23.3 Å². The molecule has 3 heterocycles. The number of piperidine rings is 1. The van der Waals surface area contributed by atoms with Crippen molar-refractivity contribution in [3.05, 3.63) is 95.6 Å². The standard InChI is InChI=1S/C32H36N6O3/c1-32(2,3)25-14-12-23(13-15-25)29-36-28(41-37-29)21-38-17-7-9-24(20-38)30(39)35-27-11-5-4-10-26(27)31(40)34-19-22-8-6-16-33-18-22/h4-6,8,10-16,18,24H,7,9,17,19-21H2,1-3H3,(H,34,40)(H,35,39). The van der Waals surface area contributed by atoms with E-state index in [9.17, 15) is 9.59 Å². The summed E-state index contributed by atoms with van der Waals surface area (Å²) in [6, 6.07) is 19.0. The number of aromatic nitrogens is 3. The first kappa shape index (κ1) is 28.2. The quantitative estimate of drug-likeness (QED) is 0.309. The number of hydrogen-bond donors (Lipinski definition) is 2. The first-order valence-electron chi connectivity index (χ1n) is 14.0. The molecule has 4 aromatic rings. The lowest BCUT2D eigenvalue weighted by molar-refractivity contribution is -0.121. The van der Waals surface area contributed by atoms with Crippen LogP contribution in [0, 0.1) is 5.92 Å². The van der Waals surface area contributed by atoms with Crippen molar-refractivity contribution in [1.29, 1.82) is 0 Å². The Bertz CT molecular complexity index is 1480. The molecule has 9 heteroatoms. The first-order chi connectivity index (χ1) is 19.8. The fourth-order valence-electron chi connectivity index (χ4n) is 4.97. The van der Waals surface area contributed by atoms with Crippen molar-refractivity contribution in [1.82, 2.24) is 25.3 Å². The zero-order valence-corrected chi connectivity index (χ0v) is 23.8. The third kappa shape index (κ3) is 7.24. The van der Waals surface area contributed by atoms with Gasteiger partial charge in [-0.2, -0.15) is 4.98 Å². The number of amides is 2. The number of para-hydroxylation sites is 1. The summed E-state index contributed by atoms with van der Waals surface area (Å²) in [7, 11) is 0. The van der Waals surface area contributed by atoms with E-state index >= 15 is 0 Å². The zero-order chi connectivity index (χ0) is 28.8. The van der Waals surface area contributed by atoms with E-state index in [0.29, 0.717) is 42.6 Å². The van der Waals surface area contributed by atoms with Gasteiger partial charge < -0.3 is 15.2 Å². The maximum absolute atomic E-state index is 13.3. The minimum absolute atomic E-state index is 0.0762. The van der Waals surface area contributed by atoms with E-state index in [0.717, 1.165) is 30.5 Å².